The summed E-state index contributed by atoms with van der Waals surface area (Å²) in [6.45, 7) is 7.78. The van der Waals surface area contributed by atoms with Crippen LogP contribution in [0.25, 0.3) is 0 Å². The molecule has 0 unspecified atom stereocenters. The molecule has 0 bridgehead atoms. The molecule has 4 heteroatoms. The molecule has 0 heterocycles. The van der Waals surface area contributed by atoms with E-state index in [1.165, 1.54) is 6.92 Å². The van der Waals surface area contributed by atoms with E-state index in [1.807, 2.05) is 0 Å². The highest BCUT2D eigenvalue weighted by atomic mass is 35.5. The van der Waals surface area contributed by atoms with Gasteiger partial charge in [-0.1, -0.05) is 11.6 Å². The summed E-state index contributed by atoms with van der Waals surface area (Å²) < 4.78 is 5.76. The lowest BCUT2D eigenvalue weighted by atomic mass is 10.1. The molecule has 0 amide bonds. The van der Waals surface area contributed by atoms with E-state index < -0.39 is 8.32 Å². The third-order valence-electron chi connectivity index (χ3n) is 1.75. The van der Waals surface area contributed by atoms with Gasteiger partial charge in [0.15, 0.2) is 5.78 Å². The summed E-state index contributed by atoms with van der Waals surface area (Å²) in [5.41, 5.74) is 0.614. The first-order valence-electron chi connectivity index (χ1n) is 4.79. The van der Waals surface area contributed by atoms with Crippen molar-refractivity contribution in [3.8, 4) is 5.75 Å². The zero-order valence-electron chi connectivity index (χ0n) is 9.43. The number of hydrogen-bond donors (Lipinski definition) is 0. The van der Waals surface area contributed by atoms with Gasteiger partial charge in [-0.15, -0.1) is 0 Å². The third-order valence-corrected chi connectivity index (χ3v) is 2.88. The van der Waals surface area contributed by atoms with Crippen molar-refractivity contribution >= 4 is 25.7 Å². The fourth-order valence-electron chi connectivity index (χ4n) is 1.13. The zero-order valence-corrected chi connectivity index (χ0v) is 11.2. The predicted molar refractivity (Wildman–Crippen MR) is 65.4 cm³/mol. The molecule has 1 aromatic carbocycles. The van der Waals surface area contributed by atoms with Crippen molar-refractivity contribution in [2.75, 3.05) is 0 Å². The van der Waals surface area contributed by atoms with Crippen molar-refractivity contribution in [1.82, 2.24) is 0 Å². The summed E-state index contributed by atoms with van der Waals surface area (Å²) in [7, 11) is -1.64. The molecule has 0 atom stereocenters. The summed E-state index contributed by atoms with van der Waals surface area (Å²) in [6, 6.07) is 5.15. The molecule has 15 heavy (non-hydrogen) atoms. The molecular formula is C11H15ClO2Si. The van der Waals surface area contributed by atoms with Crippen molar-refractivity contribution in [2.24, 2.45) is 0 Å². The fraction of sp³-hybridized carbons (Fsp3) is 0.364. The summed E-state index contributed by atoms with van der Waals surface area (Å²) >= 11 is 6.02. The molecule has 1 rings (SSSR count). The molecule has 0 aliphatic rings. The Morgan fingerprint density at radius 1 is 1.33 bits per heavy atom. The number of halogens is 1. The molecule has 0 radical (unpaired) electrons. The number of hydrogen-bond acceptors (Lipinski definition) is 2. The topological polar surface area (TPSA) is 26.3 Å². The van der Waals surface area contributed by atoms with Gasteiger partial charge in [0.05, 0.1) is 5.02 Å². The smallest absolute Gasteiger partial charge is 0.242 e. The minimum Gasteiger partial charge on any atom is -0.543 e. The second-order valence-corrected chi connectivity index (χ2v) is 9.25. The maximum atomic E-state index is 11.1. The lowest BCUT2D eigenvalue weighted by Gasteiger charge is -2.20. The largest absolute Gasteiger partial charge is 0.543 e. The lowest BCUT2D eigenvalue weighted by molar-refractivity contribution is 0.101. The number of benzene rings is 1. The van der Waals surface area contributed by atoms with Gasteiger partial charge in [-0.2, -0.15) is 0 Å². The van der Waals surface area contributed by atoms with E-state index in [0.29, 0.717) is 16.3 Å². The van der Waals surface area contributed by atoms with Crippen LogP contribution in [-0.4, -0.2) is 14.1 Å². The van der Waals surface area contributed by atoms with E-state index in [1.54, 1.807) is 18.2 Å². The number of carbonyl (C=O) groups excluding carboxylic acids is 1. The first kappa shape index (κ1) is 12.3. The molecule has 82 valence electrons. The fourth-order valence-corrected chi connectivity index (χ4v) is 2.25. The minimum absolute atomic E-state index is 0.0106. The van der Waals surface area contributed by atoms with E-state index in [-0.39, 0.29) is 5.78 Å². The molecule has 0 aliphatic carbocycles. The molecule has 0 spiro atoms. The molecular weight excluding hydrogens is 228 g/mol. The monoisotopic (exact) mass is 242 g/mol. The number of rotatable bonds is 3. The van der Waals surface area contributed by atoms with Crippen LogP contribution in [-0.2, 0) is 0 Å². The number of Topliss-reactive ketones (excluding diaryl/α,β-unsaturated/α-hetero) is 1. The summed E-state index contributed by atoms with van der Waals surface area (Å²) in [6.07, 6.45) is 0. The zero-order chi connectivity index (χ0) is 11.6. The Kier molecular flexibility index (Phi) is 3.57. The molecule has 0 N–H and O–H groups in total. The normalized spacial score (nSPS) is 11.3. The van der Waals surface area contributed by atoms with Gasteiger partial charge < -0.3 is 4.43 Å². The predicted octanol–water partition coefficient (Wildman–Crippen LogP) is 3.76. The van der Waals surface area contributed by atoms with Gasteiger partial charge in [-0.25, -0.2) is 0 Å². The average Bonchev–Trinajstić information content (AvgIpc) is 2.05. The Hall–Kier alpha value is -0.803. The van der Waals surface area contributed by atoms with Crippen molar-refractivity contribution < 1.29 is 9.22 Å². The molecule has 1 aromatic rings. The Labute approximate surface area is 96.3 Å². The van der Waals surface area contributed by atoms with Crippen LogP contribution in [0.5, 0.6) is 5.75 Å². The Balaban J connectivity index is 2.99. The quantitative estimate of drug-likeness (QED) is 0.596. The number of ketones is 1. The SMILES string of the molecule is CC(=O)c1ccc(O[Si](C)(C)C)c(Cl)c1. The van der Waals surface area contributed by atoms with Crippen LogP contribution < -0.4 is 4.43 Å². The van der Waals surface area contributed by atoms with Crippen LogP contribution in [0.15, 0.2) is 18.2 Å². The van der Waals surface area contributed by atoms with Crippen molar-refractivity contribution in [1.29, 1.82) is 0 Å². The molecule has 2 nitrogen and oxygen atoms in total. The van der Waals surface area contributed by atoms with Crippen LogP contribution in [0.1, 0.15) is 17.3 Å². The van der Waals surface area contributed by atoms with Crippen LogP contribution in [0.2, 0.25) is 24.7 Å². The van der Waals surface area contributed by atoms with Crippen LogP contribution >= 0.6 is 11.6 Å². The third kappa shape index (κ3) is 3.68. The van der Waals surface area contributed by atoms with Crippen LogP contribution in [0.3, 0.4) is 0 Å². The Morgan fingerprint density at radius 2 is 1.93 bits per heavy atom. The molecule has 0 saturated carbocycles. The second-order valence-electron chi connectivity index (χ2n) is 4.42. The molecule has 0 fully saturated rings. The van der Waals surface area contributed by atoms with Gasteiger partial charge in [0.1, 0.15) is 5.75 Å². The van der Waals surface area contributed by atoms with Crippen molar-refractivity contribution in [2.45, 2.75) is 26.6 Å². The standard InChI is InChI=1S/C11H15ClO2Si/c1-8(13)9-5-6-11(10(12)7-9)14-15(2,3)4/h5-7H,1-4H3. The maximum Gasteiger partial charge on any atom is 0.242 e. The summed E-state index contributed by atoms with van der Waals surface area (Å²) in [5.74, 6) is 0.678. The van der Waals surface area contributed by atoms with E-state index in [9.17, 15) is 4.79 Å². The van der Waals surface area contributed by atoms with Gasteiger partial charge in [-0.05, 0) is 44.8 Å². The van der Waals surface area contributed by atoms with Gasteiger partial charge in [0, 0.05) is 5.56 Å². The first-order valence-corrected chi connectivity index (χ1v) is 8.58. The van der Waals surface area contributed by atoms with E-state index >= 15 is 0 Å². The maximum absolute atomic E-state index is 11.1. The van der Waals surface area contributed by atoms with Crippen LogP contribution in [0, 0.1) is 0 Å². The number of carbonyl (C=O) groups is 1. The Bertz CT molecular complexity index is 383. The van der Waals surface area contributed by atoms with Gasteiger partial charge >= 0.3 is 0 Å². The van der Waals surface area contributed by atoms with E-state index in [0.717, 1.165) is 0 Å². The van der Waals surface area contributed by atoms with Crippen LogP contribution in [0.4, 0.5) is 0 Å². The molecule has 0 aliphatic heterocycles. The van der Waals surface area contributed by atoms with Crippen molar-refractivity contribution in [3.05, 3.63) is 28.8 Å². The molecule has 0 aromatic heterocycles. The van der Waals surface area contributed by atoms with Gasteiger partial charge in [0.2, 0.25) is 8.32 Å². The van der Waals surface area contributed by atoms with E-state index in [2.05, 4.69) is 19.6 Å². The lowest BCUT2D eigenvalue weighted by Crippen LogP contribution is -2.29. The van der Waals surface area contributed by atoms with Gasteiger partial charge in [0.25, 0.3) is 0 Å². The molecule has 0 saturated heterocycles. The van der Waals surface area contributed by atoms with Crippen molar-refractivity contribution in [3.63, 3.8) is 0 Å². The Morgan fingerprint density at radius 3 is 2.33 bits per heavy atom. The highest BCUT2D eigenvalue weighted by Crippen LogP contribution is 2.27. The van der Waals surface area contributed by atoms with Gasteiger partial charge in [-0.3, -0.25) is 4.79 Å². The summed E-state index contributed by atoms with van der Waals surface area (Å²) in [5, 5.41) is 0.505. The second kappa shape index (κ2) is 4.37. The van der Waals surface area contributed by atoms with E-state index in [4.69, 9.17) is 16.0 Å². The minimum atomic E-state index is -1.64. The highest BCUT2D eigenvalue weighted by Gasteiger charge is 2.18. The highest BCUT2D eigenvalue weighted by molar-refractivity contribution is 6.70. The summed E-state index contributed by atoms with van der Waals surface area (Å²) in [4.78, 5) is 11.1. The average molecular weight is 243 g/mol. The first-order chi connectivity index (χ1) is 6.79.